The quantitative estimate of drug-likeness (QED) is 0.384. The van der Waals surface area contributed by atoms with Crippen molar-refractivity contribution >= 4 is 5.97 Å². The SMILES string of the molecule is O=C(OCC1CO1)C1C2C=CC1CC2. The van der Waals surface area contributed by atoms with Gasteiger partial charge in [-0.3, -0.25) is 4.79 Å². The molecule has 3 aliphatic rings. The molecule has 0 aromatic carbocycles. The van der Waals surface area contributed by atoms with Gasteiger partial charge in [-0.25, -0.2) is 0 Å². The van der Waals surface area contributed by atoms with E-state index in [0.717, 1.165) is 19.4 Å². The van der Waals surface area contributed by atoms with Crippen molar-refractivity contribution < 1.29 is 14.3 Å². The minimum Gasteiger partial charge on any atom is -0.463 e. The Bertz CT molecular complexity index is 266. The summed E-state index contributed by atoms with van der Waals surface area (Å²) < 4.78 is 10.2. The predicted molar refractivity (Wildman–Crippen MR) is 49.5 cm³/mol. The predicted octanol–water partition coefficient (Wildman–Crippen LogP) is 1.14. The van der Waals surface area contributed by atoms with Crippen molar-refractivity contribution in [1.29, 1.82) is 0 Å². The molecule has 1 aliphatic heterocycles. The van der Waals surface area contributed by atoms with E-state index in [1.54, 1.807) is 0 Å². The third-order valence-electron chi connectivity index (χ3n) is 3.45. The zero-order chi connectivity index (χ0) is 9.54. The van der Waals surface area contributed by atoms with Crippen LogP contribution in [0.2, 0.25) is 0 Å². The van der Waals surface area contributed by atoms with Crippen molar-refractivity contribution in [1.82, 2.24) is 0 Å². The molecule has 0 aromatic rings. The number of esters is 1. The van der Waals surface area contributed by atoms with Gasteiger partial charge in [-0.15, -0.1) is 0 Å². The van der Waals surface area contributed by atoms with E-state index in [0.29, 0.717) is 18.4 Å². The second-order valence-electron chi connectivity index (χ2n) is 4.40. The first-order valence-corrected chi connectivity index (χ1v) is 5.31. The van der Waals surface area contributed by atoms with Crippen LogP contribution >= 0.6 is 0 Å². The standard InChI is InChI=1S/C11H14O3/c12-11(14-6-9-5-13-9)10-7-1-2-8(10)4-3-7/h1-2,7-10H,3-6H2. The van der Waals surface area contributed by atoms with Gasteiger partial charge >= 0.3 is 5.97 Å². The molecule has 2 bridgehead atoms. The molecule has 3 rings (SSSR count). The smallest absolute Gasteiger partial charge is 0.310 e. The number of hydrogen-bond acceptors (Lipinski definition) is 3. The third-order valence-corrected chi connectivity index (χ3v) is 3.45. The summed E-state index contributed by atoms with van der Waals surface area (Å²) in [4.78, 5) is 11.7. The van der Waals surface area contributed by atoms with Gasteiger partial charge in [0.1, 0.15) is 12.7 Å². The van der Waals surface area contributed by atoms with Crippen LogP contribution in [-0.4, -0.2) is 25.3 Å². The van der Waals surface area contributed by atoms with Crippen LogP contribution < -0.4 is 0 Å². The zero-order valence-electron chi connectivity index (χ0n) is 8.02. The Morgan fingerprint density at radius 2 is 2.00 bits per heavy atom. The highest BCUT2D eigenvalue weighted by Crippen LogP contribution is 2.44. The molecule has 1 heterocycles. The van der Waals surface area contributed by atoms with Crippen LogP contribution in [0, 0.1) is 17.8 Å². The average Bonchev–Trinajstić information content (AvgIpc) is 2.84. The Morgan fingerprint density at radius 1 is 1.36 bits per heavy atom. The van der Waals surface area contributed by atoms with Crippen LogP contribution in [0.15, 0.2) is 12.2 Å². The topological polar surface area (TPSA) is 38.8 Å². The van der Waals surface area contributed by atoms with Crippen LogP contribution in [0.25, 0.3) is 0 Å². The molecule has 0 radical (unpaired) electrons. The average molecular weight is 194 g/mol. The van der Waals surface area contributed by atoms with Crippen LogP contribution in [-0.2, 0) is 14.3 Å². The number of rotatable bonds is 3. The maximum absolute atomic E-state index is 11.7. The Hall–Kier alpha value is -0.830. The van der Waals surface area contributed by atoms with Gasteiger partial charge in [0.2, 0.25) is 0 Å². The lowest BCUT2D eigenvalue weighted by atomic mass is 9.97. The Morgan fingerprint density at radius 3 is 2.50 bits per heavy atom. The summed E-state index contributed by atoms with van der Waals surface area (Å²) >= 11 is 0. The number of carbonyl (C=O) groups is 1. The van der Waals surface area contributed by atoms with Gasteiger partial charge in [-0.1, -0.05) is 12.2 Å². The largest absolute Gasteiger partial charge is 0.463 e. The normalized spacial score (nSPS) is 42.9. The molecule has 1 saturated heterocycles. The molecule has 3 atom stereocenters. The number of hydrogen-bond donors (Lipinski definition) is 0. The lowest BCUT2D eigenvalue weighted by molar-refractivity contribution is -0.150. The van der Waals surface area contributed by atoms with Gasteiger partial charge in [-0.2, -0.15) is 0 Å². The lowest BCUT2D eigenvalue weighted by Crippen LogP contribution is -2.23. The van der Waals surface area contributed by atoms with Crippen LogP contribution in [0.4, 0.5) is 0 Å². The van der Waals surface area contributed by atoms with Crippen molar-refractivity contribution in [2.75, 3.05) is 13.2 Å². The number of carbonyl (C=O) groups excluding carboxylic acids is 1. The minimum absolute atomic E-state index is 0.0157. The van der Waals surface area contributed by atoms with E-state index in [2.05, 4.69) is 12.2 Å². The highest BCUT2D eigenvalue weighted by molar-refractivity contribution is 5.75. The molecule has 0 N–H and O–H groups in total. The summed E-state index contributed by atoms with van der Waals surface area (Å²) in [5.41, 5.74) is 0. The summed E-state index contributed by atoms with van der Waals surface area (Å²) in [6.45, 7) is 1.21. The minimum atomic E-state index is -0.0157. The summed E-state index contributed by atoms with van der Waals surface area (Å²) in [7, 11) is 0. The van der Waals surface area contributed by atoms with E-state index in [4.69, 9.17) is 9.47 Å². The zero-order valence-corrected chi connectivity index (χ0v) is 8.02. The molecular weight excluding hydrogens is 180 g/mol. The first-order valence-electron chi connectivity index (χ1n) is 5.31. The molecule has 0 spiro atoms. The van der Waals surface area contributed by atoms with Crippen LogP contribution in [0.5, 0.6) is 0 Å². The van der Waals surface area contributed by atoms with E-state index in [1.165, 1.54) is 0 Å². The number of allylic oxidation sites excluding steroid dienone is 2. The maximum atomic E-state index is 11.7. The van der Waals surface area contributed by atoms with E-state index < -0.39 is 0 Å². The maximum Gasteiger partial charge on any atom is 0.310 e. The first kappa shape index (κ1) is 8.48. The fraction of sp³-hybridized carbons (Fsp3) is 0.727. The first-order chi connectivity index (χ1) is 6.84. The van der Waals surface area contributed by atoms with E-state index in [9.17, 15) is 4.79 Å². The molecular formula is C11H14O3. The van der Waals surface area contributed by atoms with Crippen molar-refractivity contribution in [3.63, 3.8) is 0 Å². The molecule has 0 aromatic heterocycles. The molecule has 2 fully saturated rings. The molecule has 76 valence electrons. The second-order valence-corrected chi connectivity index (χ2v) is 4.40. The summed E-state index contributed by atoms with van der Waals surface area (Å²) in [5.74, 6) is 1.01. The Labute approximate surface area is 83.1 Å². The van der Waals surface area contributed by atoms with Crippen LogP contribution in [0.3, 0.4) is 0 Å². The Balaban J connectivity index is 1.57. The van der Waals surface area contributed by atoms with Gasteiger partial charge in [0, 0.05) is 0 Å². The van der Waals surface area contributed by atoms with E-state index in [1.807, 2.05) is 0 Å². The van der Waals surface area contributed by atoms with Crippen molar-refractivity contribution in [3.05, 3.63) is 12.2 Å². The second kappa shape index (κ2) is 3.09. The van der Waals surface area contributed by atoms with E-state index in [-0.39, 0.29) is 18.0 Å². The van der Waals surface area contributed by atoms with Gasteiger partial charge in [0.15, 0.2) is 0 Å². The summed E-state index contributed by atoms with van der Waals surface area (Å²) in [5, 5.41) is 0. The summed E-state index contributed by atoms with van der Waals surface area (Å²) in [6, 6.07) is 0. The third kappa shape index (κ3) is 1.36. The molecule has 2 aliphatic carbocycles. The van der Waals surface area contributed by atoms with Crippen molar-refractivity contribution in [2.45, 2.75) is 18.9 Å². The van der Waals surface area contributed by atoms with Crippen LogP contribution in [0.1, 0.15) is 12.8 Å². The highest BCUT2D eigenvalue weighted by Gasteiger charge is 2.43. The molecule has 14 heavy (non-hydrogen) atoms. The van der Waals surface area contributed by atoms with Crippen molar-refractivity contribution in [3.8, 4) is 0 Å². The lowest BCUT2D eigenvalue weighted by Gasteiger charge is -2.13. The number of fused-ring (bicyclic) bond motifs is 2. The van der Waals surface area contributed by atoms with Gasteiger partial charge in [0.05, 0.1) is 12.5 Å². The highest BCUT2D eigenvalue weighted by atomic mass is 16.6. The number of ether oxygens (including phenoxy) is 2. The molecule has 0 amide bonds. The van der Waals surface area contributed by atoms with Gasteiger partial charge < -0.3 is 9.47 Å². The fourth-order valence-corrected chi connectivity index (χ4v) is 2.56. The van der Waals surface area contributed by atoms with Gasteiger partial charge in [-0.05, 0) is 24.7 Å². The molecule has 3 unspecified atom stereocenters. The fourth-order valence-electron chi connectivity index (χ4n) is 2.56. The Kier molecular flexibility index (Phi) is 1.87. The van der Waals surface area contributed by atoms with Crippen molar-refractivity contribution in [2.24, 2.45) is 17.8 Å². The number of epoxide rings is 1. The van der Waals surface area contributed by atoms with Gasteiger partial charge in [0.25, 0.3) is 0 Å². The molecule has 3 nitrogen and oxygen atoms in total. The van der Waals surface area contributed by atoms with E-state index >= 15 is 0 Å². The summed E-state index contributed by atoms with van der Waals surface area (Å²) in [6.07, 6.45) is 6.84. The molecule has 3 heteroatoms. The molecule has 1 saturated carbocycles. The monoisotopic (exact) mass is 194 g/mol.